The second-order valence-corrected chi connectivity index (χ2v) is 4.63. The van der Waals surface area contributed by atoms with E-state index in [0.29, 0.717) is 5.56 Å². The van der Waals surface area contributed by atoms with Gasteiger partial charge in [-0.2, -0.15) is 13.2 Å². The first-order chi connectivity index (χ1) is 8.38. The van der Waals surface area contributed by atoms with E-state index in [-0.39, 0.29) is 12.2 Å². The molecule has 0 spiro atoms. The molecular formula is C13H15F3O2. The molecule has 0 aromatic heterocycles. The van der Waals surface area contributed by atoms with Gasteiger partial charge in [0.1, 0.15) is 6.10 Å². The zero-order valence-corrected chi connectivity index (χ0v) is 9.95. The van der Waals surface area contributed by atoms with Crippen molar-refractivity contribution < 1.29 is 23.0 Å². The van der Waals surface area contributed by atoms with E-state index in [1.807, 2.05) is 6.92 Å². The number of aliphatic hydroxyl groups excluding tert-OH is 1. The monoisotopic (exact) mass is 260 g/mol. The number of hydrogen-bond donors (Lipinski definition) is 1. The molecule has 100 valence electrons. The van der Waals surface area contributed by atoms with Gasteiger partial charge in [0.25, 0.3) is 0 Å². The average Bonchev–Trinajstić information content (AvgIpc) is 2.74. The maximum atomic E-state index is 12.4. The van der Waals surface area contributed by atoms with Crippen LogP contribution in [0.25, 0.3) is 0 Å². The van der Waals surface area contributed by atoms with Gasteiger partial charge in [0, 0.05) is 0 Å². The third-order valence-electron chi connectivity index (χ3n) is 3.20. The van der Waals surface area contributed by atoms with E-state index in [2.05, 4.69) is 0 Å². The summed E-state index contributed by atoms with van der Waals surface area (Å²) in [6.45, 7) is 1.92. The molecule has 0 bridgehead atoms. The maximum absolute atomic E-state index is 12.4. The molecule has 2 rings (SSSR count). The van der Waals surface area contributed by atoms with Crippen LogP contribution >= 0.6 is 0 Å². The highest BCUT2D eigenvalue weighted by molar-refractivity contribution is 5.26. The van der Waals surface area contributed by atoms with Crippen molar-refractivity contribution in [1.29, 1.82) is 0 Å². The summed E-state index contributed by atoms with van der Waals surface area (Å²) < 4.78 is 42.7. The Balaban J connectivity index is 2.10. The molecule has 3 atom stereocenters. The Morgan fingerprint density at radius 3 is 2.28 bits per heavy atom. The van der Waals surface area contributed by atoms with Gasteiger partial charge in [0.15, 0.2) is 0 Å². The molecule has 0 radical (unpaired) electrons. The standard InChI is InChI=1S/C13H15F3O2/c1-8-2-7-11(18-8)12(17)9-3-5-10(6-4-9)13(14,15)16/h3-6,8,11-12,17H,2,7H2,1H3. The van der Waals surface area contributed by atoms with Crippen molar-refractivity contribution in [3.8, 4) is 0 Å². The highest BCUT2D eigenvalue weighted by atomic mass is 19.4. The Bertz CT molecular complexity index is 400. The van der Waals surface area contributed by atoms with Gasteiger partial charge in [0.2, 0.25) is 0 Å². The summed E-state index contributed by atoms with van der Waals surface area (Å²) in [6.07, 6.45) is -3.85. The lowest BCUT2D eigenvalue weighted by Crippen LogP contribution is -2.18. The first-order valence-electron chi connectivity index (χ1n) is 5.88. The van der Waals surface area contributed by atoms with Crippen LogP contribution in [0.3, 0.4) is 0 Å². The first kappa shape index (κ1) is 13.4. The highest BCUT2D eigenvalue weighted by Gasteiger charge is 2.32. The van der Waals surface area contributed by atoms with Crippen LogP contribution in [0.5, 0.6) is 0 Å². The Hall–Kier alpha value is -1.07. The summed E-state index contributed by atoms with van der Waals surface area (Å²) in [5, 5.41) is 10.0. The van der Waals surface area contributed by atoms with E-state index in [1.54, 1.807) is 0 Å². The molecule has 1 aromatic carbocycles. The Labute approximate surface area is 103 Å². The second-order valence-electron chi connectivity index (χ2n) is 4.63. The van der Waals surface area contributed by atoms with Crippen molar-refractivity contribution in [3.63, 3.8) is 0 Å². The van der Waals surface area contributed by atoms with Crippen LogP contribution in [0.2, 0.25) is 0 Å². The first-order valence-corrected chi connectivity index (χ1v) is 5.88. The van der Waals surface area contributed by atoms with E-state index in [4.69, 9.17) is 4.74 Å². The fraction of sp³-hybridized carbons (Fsp3) is 0.538. The fourth-order valence-corrected chi connectivity index (χ4v) is 2.15. The van der Waals surface area contributed by atoms with Crippen molar-refractivity contribution in [3.05, 3.63) is 35.4 Å². The molecule has 5 heteroatoms. The van der Waals surface area contributed by atoms with Gasteiger partial charge < -0.3 is 9.84 Å². The van der Waals surface area contributed by atoms with E-state index in [1.165, 1.54) is 12.1 Å². The zero-order valence-electron chi connectivity index (χ0n) is 9.95. The Morgan fingerprint density at radius 2 is 1.83 bits per heavy atom. The van der Waals surface area contributed by atoms with Gasteiger partial charge >= 0.3 is 6.18 Å². The van der Waals surface area contributed by atoms with Crippen molar-refractivity contribution in [1.82, 2.24) is 0 Å². The van der Waals surface area contributed by atoms with Crippen molar-refractivity contribution in [2.24, 2.45) is 0 Å². The summed E-state index contributed by atoms with van der Waals surface area (Å²) in [5.41, 5.74) is -0.249. The van der Waals surface area contributed by atoms with E-state index in [0.717, 1.165) is 25.0 Å². The Morgan fingerprint density at radius 1 is 1.22 bits per heavy atom. The molecule has 1 fully saturated rings. The summed E-state index contributed by atoms with van der Waals surface area (Å²) in [7, 11) is 0. The largest absolute Gasteiger partial charge is 0.416 e. The van der Waals surface area contributed by atoms with Crippen LogP contribution in [-0.2, 0) is 10.9 Å². The normalized spacial score (nSPS) is 26.3. The second kappa shape index (κ2) is 4.90. The number of benzene rings is 1. The molecule has 1 aromatic rings. The van der Waals surface area contributed by atoms with Crippen molar-refractivity contribution in [2.45, 2.75) is 44.3 Å². The summed E-state index contributed by atoms with van der Waals surface area (Å²) in [5.74, 6) is 0. The molecule has 1 aliphatic rings. The minimum absolute atomic E-state index is 0.0964. The predicted octanol–water partition coefficient (Wildman–Crippen LogP) is 3.31. The van der Waals surface area contributed by atoms with Gasteiger partial charge in [-0.15, -0.1) is 0 Å². The number of aliphatic hydroxyl groups is 1. The van der Waals surface area contributed by atoms with Crippen LogP contribution in [-0.4, -0.2) is 17.3 Å². The smallest absolute Gasteiger partial charge is 0.386 e. The van der Waals surface area contributed by atoms with Crippen LogP contribution in [0.15, 0.2) is 24.3 Å². The third-order valence-corrected chi connectivity index (χ3v) is 3.20. The van der Waals surface area contributed by atoms with Gasteiger partial charge in [-0.05, 0) is 37.5 Å². The zero-order chi connectivity index (χ0) is 13.3. The van der Waals surface area contributed by atoms with Crippen molar-refractivity contribution in [2.75, 3.05) is 0 Å². The topological polar surface area (TPSA) is 29.5 Å². The fourth-order valence-electron chi connectivity index (χ4n) is 2.15. The molecule has 0 amide bonds. The predicted molar refractivity (Wildman–Crippen MR) is 60.0 cm³/mol. The van der Waals surface area contributed by atoms with Gasteiger partial charge in [-0.3, -0.25) is 0 Å². The lowest BCUT2D eigenvalue weighted by molar-refractivity contribution is -0.137. The molecule has 1 saturated heterocycles. The van der Waals surface area contributed by atoms with Gasteiger partial charge in [-0.25, -0.2) is 0 Å². The molecule has 1 N–H and O–H groups in total. The van der Waals surface area contributed by atoms with E-state index in [9.17, 15) is 18.3 Å². The number of alkyl halides is 3. The lowest BCUT2D eigenvalue weighted by Gasteiger charge is -2.19. The quantitative estimate of drug-likeness (QED) is 0.884. The lowest BCUT2D eigenvalue weighted by atomic mass is 10.0. The number of hydrogen-bond acceptors (Lipinski definition) is 2. The maximum Gasteiger partial charge on any atom is 0.416 e. The SMILES string of the molecule is CC1CCC(C(O)c2ccc(C(F)(F)F)cc2)O1. The molecule has 1 aliphatic heterocycles. The highest BCUT2D eigenvalue weighted by Crippen LogP contribution is 2.33. The van der Waals surface area contributed by atoms with Crippen LogP contribution in [0.4, 0.5) is 13.2 Å². The molecule has 3 unspecified atom stereocenters. The van der Waals surface area contributed by atoms with Gasteiger partial charge in [0.05, 0.1) is 17.8 Å². The summed E-state index contributed by atoms with van der Waals surface area (Å²) in [6, 6.07) is 4.58. The van der Waals surface area contributed by atoms with Crippen LogP contribution < -0.4 is 0 Å². The summed E-state index contributed by atoms with van der Waals surface area (Å²) >= 11 is 0. The molecule has 2 nitrogen and oxygen atoms in total. The summed E-state index contributed by atoms with van der Waals surface area (Å²) in [4.78, 5) is 0. The number of ether oxygens (including phenoxy) is 1. The van der Waals surface area contributed by atoms with E-state index >= 15 is 0 Å². The van der Waals surface area contributed by atoms with Crippen molar-refractivity contribution >= 4 is 0 Å². The molecule has 1 heterocycles. The third kappa shape index (κ3) is 2.84. The van der Waals surface area contributed by atoms with Crippen LogP contribution in [0, 0.1) is 0 Å². The minimum Gasteiger partial charge on any atom is -0.386 e. The molecule has 0 saturated carbocycles. The van der Waals surface area contributed by atoms with Gasteiger partial charge in [-0.1, -0.05) is 12.1 Å². The number of rotatable bonds is 2. The molecule has 0 aliphatic carbocycles. The number of halogens is 3. The van der Waals surface area contributed by atoms with Crippen LogP contribution in [0.1, 0.15) is 37.0 Å². The Kier molecular flexibility index (Phi) is 3.64. The molecule has 18 heavy (non-hydrogen) atoms. The average molecular weight is 260 g/mol. The van der Waals surface area contributed by atoms with E-state index < -0.39 is 17.8 Å². The molecular weight excluding hydrogens is 245 g/mol. The minimum atomic E-state index is -4.35.